The van der Waals surface area contributed by atoms with E-state index in [-0.39, 0.29) is 11.7 Å². The topological polar surface area (TPSA) is 86.0 Å². The van der Waals surface area contributed by atoms with E-state index in [9.17, 15) is 14.4 Å². The number of aryl methyl sites for hydroxylation is 1. The van der Waals surface area contributed by atoms with Crippen molar-refractivity contribution in [3.8, 4) is 5.69 Å². The molecule has 0 aliphatic heterocycles. The van der Waals surface area contributed by atoms with Crippen LogP contribution in [0.25, 0.3) is 5.69 Å². The van der Waals surface area contributed by atoms with E-state index in [0.717, 1.165) is 40.5 Å². The average molecular weight is 342 g/mol. The molecule has 25 heavy (non-hydrogen) atoms. The minimum Gasteiger partial charge on any atom is -0.348 e. The van der Waals surface area contributed by atoms with Crippen molar-refractivity contribution in [3.05, 3.63) is 56.4 Å². The number of carbonyl (C=O) groups is 1. The molecular formula is C18H22N4O3. The molecule has 3 rings (SSSR count). The molecule has 1 aliphatic rings. The smallest absolute Gasteiger partial charge is 0.348 e. The number of hydrogen-bond acceptors (Lipinski definition) is 4. The van der Waals surface area contributed by atoms with E-state index >= 15 is 0 Å². The van der Waals surface area contributed by atoms with E-state index in [1.165, 1.54) is 13.5 Å². The molecule has 0 unspecified atom stereocenters. The maximum absolute atomic E-state index is 12.5. The molecule has 1 heterocycles. The van der Waals surface area contributed by atoms with Crippen molar-refractivity contribution in [1.29, 1.82) is 0 Å². The van der Waals surface area contributed by atoms with Crippen molar-refractivity contribution in [3.63, 3.8) is 0 Å². The molecule has 132 valence electrons. The Kier molecular flexibility index (Phi) is 4.83. The van der Waals surface area contributed by atoms with Crippen LogP contribution in [0.4, 0.5) is 0 Å². The van der Waals surface area contributed by atoms with Gasteiger partial charge in [-0.25, -0.2) is 4.79 Å². The van der Waals surface area contributed by atoms with Gasteiger partial charge < -0.3 is 5.32 Å². The van der Waals surface area contributed by atoms with E-state index in [2.05, 4.69) is 10.4 Å². The van der Waals surface area contributed by atoms with Gasteiger partial charge in [0, 0.05) is 13.1 Å². The minimum atomic E-state index is -0.679. The first-order valence-electron chi connectivity index (χ1n) is 8.55. The summed E-state index contributed by atoms with van der Waals surface area (Å²) in [5, 5.41) is 6.94. The van der Waals surface area contributed by atoms with Gasteiger partial charge in [0.2, 0.25) is 5.69 Å². The monoisotopic (exact) mass is 342 g/mol. The maximum atomic E-state index is 12.5. The van der Waals surface area contributed by atoms with E-state index < -0.39 is 17.2 Å². The lowest BCUT2D eigenvalue weighted by molar-refractivity contribution is 0.0918. The molecule has 1 saturated carbocycles. The van der Waals surface area contributed by atoms with Crippen LogP contribution in [-0.2, 0) is 7.05 Å². The van der Waals surface area contributed by atoms with Crippen LogP contribution in [0.1, 0.15) is 48.2 Å². The quantitative estimate of drug-likeness (QED) is 0.911. The molecule has 7 heteroatoms. The first-order valence-corrected chi connectivity index (χ1v) is 8.55. The Bertz CT molecular complexity index is 890. The third kappa shape index (κ3) is 3.55. The molecule has 1 aliphatic carbocycles. The summed E-state index contributed by atoms with van der Waals surface area (Å²) < 4.78 is 2.01. The van der Waals surface area contributed by atoms with E-state index in [4.69, 9.17) is 0 Å². The third-order valence-electron chi connectivity index (χ3n) is 4.61. The van der Waals surface area contributed by atoms with Crippen molar-refractivity contribution in [1.82, 2.24) is 19.7 Å². The molecule has 0 radical (unpaired) electrons. The number of hydrogen-bond donors (Lipinski definition) is 1. The standard InChI is InChI=1S/C18H22N4O3/c1-12-8-10-14(11-9-12)22-18(25)21(2)17(24)15(20-22)16(23)19-13-6-4-3-5-7-13/h8-11,13H,3-7H2,1-2H3,(H,19,23). The molecule has 0 atom stereocenters. The number of benzene rings is 1. The average Bonchev–Trinajstić information content (AvgIpc) is 2.62. The van der Waals surface area contributed by atoms with Crippen molar-refractivity contribution < 1.29 is 4.79 Å². The van der Waals surface area contributed by atoms with Gasteiger partial charge in [-0.15, -0.1) is 0 Å². The lowest BCUT2D eigenvalue weighted by Gasteiger charge is -2.22. The number of nitrogens with one attached hydrogen (secondary N) is 1. The molecule has 0 saturated heterocycles. The highest BCUT2D eigenvalue weighted by atomic mass is 16.2. The van der Waals surface area contributed by atoms with Crippen LogP contribution in [0.2, 0.25) is 0 Å². The largest absolute Gasteiger partial charge is 0.351 e. The van der Waals surface area contributed by atoms with Gasteiger partial charge in [0.25, 0.3) is 11.5 Å². The minimum absolute atomic E-state index is 0.0625. The second-order valence-electron chi connectivity index (χ2n) is 6.55. The second kappa shape index (κ2) is 7.04. The van der Waals surface area contributed by atoms with Gasteiger partial charge in [0.1, 0.15) is 0 Å². The molecular weight excluding hydrogens is 320 g/mol. The van der Waals surface area contributed by atoms with Crippen molar-refractivity contribution in [2.24, 2.45) is 7.05 Å². The highest BCUT2D eigenvalue weighted by Crippen LogP contribution is 2.17. The normalized spacial score (nSPS) is 15.1. The molecule has 0 spiro atoms. The molecule has 1 fully saturated rings. The van der Waals surface area contributed by atoms with Gasteiger partial charge in [-0.1, -0.05) is 37.0 Å². The number of rotatable bonds is 3. The predicted octanol–water partition coefficient (Wildman–Crippen LogP) is 1.30. The summed E-state index contributed by atoms with van der Waals surface area (Å²) in [7, 11) is 1.36. The lowest BCUT2D eigenvalue weighted by Crippen LogP contribution is -2.46. The SMILES string of the molecule is Cc1ccc(-n2nc(C(=O)NC3CCCCC3)c(=O)n(C)c2=O)cc1. The first kappa shape index (κ1) is 17.1. The van der Waals surface area contributed by atoms with Gasteiger partial charge in [-0.3, -0.25) is 14.2 Å². The Hall–Kier alpha value is -2.70. The molecule has 1 N–H and O–H groups in total. The summed E-state index contributed by atoms with van der Waals surface area (Å²) in [6.07, 6.45) is 5.12. The van der Waals surface area contributed by atoms with Crippen LogP contribution in [0.15, 0.2) is 33.9 Å². The molecule has 1 amide bonds. The number of amides is 1. The second-order valence-corrected chi connectivity index (χ2v) is 6.55. The van der Waals surface area contributed by atoms with Gasteiger partial charge in [-0.2, -0.15) is 9.78 Å². The summed E-state index contributed by atoms with van der Waals surface area (Å²) in [6.45, 7) is 1.93. The Morgan fingerprint density at radius 3 is 2.40 bits per heavy atom. The first-order chi connectivity index (χ1) is 12.0. The summed E-state index contributed by atoms with van der Waals surface area (Å²) in [5.41, 5.74) is 0.0350. The fourth-order valence-electron chi connectivity index (χ4n) is 3.07. The number of nitrogens with zero attached hydrogens (tertiary/aromatic N) is 3. The van der Waals surface area contributed by atoms with Gasteiger partial charge >= 0.3 is 5.69 Å². The molecule has 2 aromatic rings. The fourth-order valence-corrected chi connectivity index (χ4v) is 3.07. The Balaban J connectivity index is 1.99. The van der Waals surface area contributed by atoms with Crippen LogP contribution >= 0.6 is 0 Å². The summed E-state index contributed by atoms with van der Waals surface area (Å²) in [5.74, 6) is -0.520. The van der Waals surface area contributed by atoms with Crippen molar-refractivity contribution in [2.75, 3.05) is 0 Å². The zero-order chi connectivity index (χ0) is 18.0. The van der Waals surface area contributed by atoms with Gasteiger partial charge in [-0.05, 0) is 31.9 Å². The zero-order valence-corrected chi connectivity index (χ0v) is 14.5. The Morgan fingerprint density at radius 2 is 1.76 bits per heavy atom. The van der Waals surface area contributed by atoms with E-state index in [1.807, 2.05) is 19.1 Å². The van der Waals surface area contributed by atoms with Crippen LogP contribution < -0.4 is 16.6 Å². The van der Waals surface area contributed by atoms with Gasteiger partial charge in [0.05, 0.1) is 5.69 Å². The Labute approximate surface area is 145 Å². The Morgan fingerprint density at radius 1 is 1.12 bits per heavy atom. The summed E-state index contributed by atoms with van der Waals surface area (Å²) in [6, 6.07) is 7.22. The highest BCUT2D eigenvalue weighted by Gasteiger charge is 2.22. The third-order valence-corrected chi connectivity index (χ3v) is 4.61. The molecule has 7 nitrogen and oxygen atoms in total. The van der Waals surface area contributed by atoms with Crippen molar-refractivity contribution in [2.45, 2.75) is 45.1 Å². The zero-order valence-electron chi connectivity index (χ0n) is 14.5. The highest BCUT2D eigenvalue weighted by molar-refractivity contribution is 5.92. The van der Waals surface area contributed by atoms with Gasteiger partial charge in [0.15, 0.2) is 0 Å². The molecule has 1 aromatic carbocycles. The van der Waals surface area contributed by atoms with Crippen LogP contribution in [0.5, 0.6) is 0 Å². The predicted molar refractivity (Wildman–Crippen MR) is 94.2 cm³/mol. The summed E-state index contributed by atoms with van der Waals surface area (Å²) in [4.78, 5) is 37.2. The number of carbonyl (C=O) groups excluding carboxylic acids is 1. The van der Waals surface area contributed by atoms with Crippen LogP contribution in [0, 0.1) is 6.92 Å². The molecule has 1 aromatic heterocycles. The maximum Gasteiger partial charge on any atom is 0.351 e. The van der Waals surface area contributed by atoms with Crippen LogP contribution in [-0.4, -0.2) is 26.3 Å². The lowest BCUT2D eigenvalue weighted by atomic mass is 9.95. The number of aromatic nitrogens is 3. The van der Waals surface area contributed by atoms with E-state index in [0.29, 0.717) is 5.69 Å². The van der Waals surface area contributed by atoms with Crippen LogP contribution in [0.3, 0.4) is 0 Å². The fraction of sp³-hybridized carbons (Fsp3) is 0.444. The summed E-state index contributed by atoms with van der Waals surface area (Å²) >= 11 is 0. The van der Waals surface area contributed by atoms with Crippen molar-refractivity contribution >= 4 is 5.91 Å². The molecule has 0 bridgehead atoms. The van der Waals surface area contributed by atoms with E-state index in [1.54, 1.807) is 12.1 Å².